The lowest BCUT2D eigenvalue weighted by molar-refractivity contribution is -0.137. The highest BCUT2D eigenvalue weighted by atomic mass is 32.2. The zero-order chi connectivity index (χ0) is 8.27. The fourth-order valence-corrected chi connectivity index (χ4v) is 1.71. The van der Waals surface area contributed by atoms with Gasteiger partial charge in [0.15, 0.2) is 5.76 Å². The summed E-state index contributed by atoms with van der Waals surface area (Å²) in [7, 11) is 0. The summed E-state index contributed by atoms with van der Waals surface area (Å²) in [5, 5.41) is 9.21. The molecule has 0 bridgehead atoms. The topological polar surface area (TPSA) is 46.5 Å². The molecule has 1 heterocycles. The van der Waals surface area contributed by atoms with Gasteiger partial charge in [-0.3, -0.25) is 4.79 Å². The van der Waals surface area contributed by atoms with Gasteiger partial charge in [-0.05, 0) is 0 Å². The Hall–Kier alpha value is -0.640. The maximum Gasteiger partial charge on any atom is 0.307 e. The smallest absolute Gasteiger partial charge is 0.307 e. The number of thioether (sulfide) groups is 1. The number of aliphatic hydroxyl groups excluding tert-OH is 1. The number of ether oxygens (including phenoxy) is 1. The van der Waals surface area contributed by atoms with Gasteiger partial charge in [-0.2, -0.15) is 11.8 Å². The minimum Gasteiger partial charge on any atom is -0.509 e. The molecule has 0 saturated carbocycles. The summed E-state index contributed by atoms with van der Waals surface area (Å²) in [6.45, 7) is 1.33. The molecule has 4 heteroatoms. The average molecular weight is 174 g/mol. The first-order valence-electron chi connectivity index (χ1n) is 3.37. The van der Waals surface area contributed by atoms with Crippen molar-refractivity contribution in [2.75, 3.05) is 11.5 Å². The Morgan fingerprint density at radius 3 is 3.00 bits per heavy atom. The van der Waals surface area contributed by atoms with Crippen molar-refractivity contribution in [2.45, 2.75) is 13.3 Å². The Balaban J connectivity index is 2.59. The van der Waals surface area contributed by atoms with Crippen LogP contribution in [-0.4, -0.2) is 22.6 Å². The molecule has 0 fully saturated rings. The fraction of sp³-hybridized carbons (Fsp3) is 0.571. The zero-order valence-electron chi connectivity index (χ0n) is 6.29. The highest BCUT2D eigenvalue weighted by Crippen LogP contribution is 2.22. The van der Waals surface area contributed by atoms with E-state index in [2.05, 4.69) is 0 Å². The van der Waals surface area contributed by atoms with E-state index in [0.29, 0.717) is 17.9 Å². The molecule has 0 aromatic heterocycles. The summed E-state index contributed by atoms with van der Waals surface area (Å²) in [5.41, 5.74) is 0. The Kier molecular flexibility index (Phi) is 2.82. The van der Waals surface area contributed by atoms with Crippen molar-refractivity contribution in [2.24, 2.45) is 0 Å². The average Bonchev–Trinajstić information content (AvgIpc) is 1.93. The molecular formula is C7H10O3S. The van der Waals surface area contributed by atoms with Gasteiger partial charge in [0.1, 0.15) is 5.76 Å². The Bertz CT molecular complexity index is 198. The molecule has 0 aromatic rings. The summed E-state index contributed by atoms with van der Waals surface area (Å²) in [5.74, 6) is 1.78. The monoisotopic (exact) mass is 174 g/mol. The van der Waals surface area contributed by atoms with E-state index in [1.807, 2.05) is 0 Å². The van der Waals surface area contributed by atoms with Gasteiger partial charge in [-0.15, -0.1) is 0 Å². The number of carbonyl (C=O) groups excluding carboxylic acids is 1. The third kappa shape index (κ3) is 2.46. The first-order valence-corrected chi connectivity index (χ1v) is 4.53. The van der Waals surface area contributed by atoms with Crippen LogP contribution in [0.15, 0.2) is 11.5 Å². The molecule has 0 spiro atoms. The Labute approximate surface area is 69.4 Å². The van der Waals surface area contributed by atoms with Crippen molar-refractivity contribution >= 4 is 17.7 Å². The second kappa shape index (κ2) is 3.67. The minimum absolute atomic E-state index is 0.221. The van der Waals surface area contributed by atoms with Crippen molar-refractivity contribution < 1.29 is 14.6 Å². The van der Waals surface area contributed by atoms with Crippen LogP contribution < -0.4 is 0 Å². The number of carbonyl (C=O) groups is 1. The third-order valence-corrected chi connectivity index (χ3v) is 2.26. The minimum atomic E-state index is -0.367. The van der Waals surface area contributed by atoms with Gasteiger partial charge in [-0.25, -0.2) is 0 Å². The summed E-state index contributed by atoms with van der Waals surface area (Å²) in [6, 6.07) is 0. The van der Waals surface area contributed by atoms with E-state index in [9.17, 15) is 9.90 Å². The van der Waals surface area contributed by atoms with Crippen LogP contribution in [0.4, 0.5) is 0 Å². The van der Waals surface area contributed by atoms with E-state index in [0.717, 1.165) is 5.75 Å². The summed E-state index contributed by atoms with van der Waals surface area (Å²) in [6.07, 6.45) is 0.604. The first kappa shape index (κ1) is 8.46. The Morgan fingerprint density at radius 1 is 1.73 bits per heavy atom. The van der Waals surface area contributed by atoms with E-state index in [4.69, 9.17) is 4.74 Å². The van der Waals surface area contributed by atoms with E-state index < -0.39 is 0 Å². The molecule has 1 rings (SSSR count). The molecule has 0 amide bonds. The highest BCUT2D eigenvalue weighted by Gasteiger charge is 2.14. The first-order chi connectivity index (χ1) is 5.20. The van der Waals surface area contributed by atoms with Gasteiger partial charge in [0.05, 0.1) is 5.75 Å². The van der Waals surface area contributed by atoms with E-state index in [1.54, 1.807) is 11.8 Å². The van der Waals surface area contributed by atoms with Crippen LogP contribution in [0, 0.1) is 0 Å². The number of rotatable bonds is 1. The molecule has 0 radical (unpaired) electrons. The molecule has 62 valence electrons. The number of esters is 1. The van der Waals surface area contributed by atoms with Crippen molar-refractivity contribution in [3.63, 3.8) is 0 Å². The molecule has 0 saturated heterocycles. The molecule has 1 aliphatic rings. The number of hydrogen-bond donors (Lipinski definition) is 1. The Morgan fingerprint density at radius 2 is 2.45 bits per heavy atom. The van der Waals surface area contributed by atoms with Crippen LogP contribution in [-0.2, 0) is 9.53 Å². The lowest BCUT2D eigenvalue weighted by Gasteiger charge is -2.14. The van der Waals surface area contributed by atoms with Gasteiger partial charge < -0.3 is 9.84 Å². The molecule has 1 N–H and O–H groups in total. The SMILES string of the molecule is CC(=O)OC1=C(O)CCSC1. The van der Waals surface area contributed by atoms with E-state index in [-0.39, 0.29) is 11.7 Å². The molecule has 0 unspecified atom stereocenters. The van der Waals surface area contributed by atoms with Gasteiger partial charge in [0.25, 0.3) is 0 Å². The van der Waals surface area contributed by atoms with Crippen molar-refractivity contribution in [1.29, 1.82) is 0 Å². The molecule has 0 aliphatic carbocycles. The molecular weight excluding hydrogens is 164 g/mol. The maximum atomic E-state index is 10.5. The van der Waals surface area contributed by atoms with Gasteiger partial charge in [-0.1, -0.05) is 0 Å². The largest absolute Gasteiger partial charge is 0.509 e. The van der Waals surface area contributed by atoms with Crippen LogP contribution in [0.3, 0.4) is 0 Å². The summed E-state index contributed by atoms with van der Waals surface area (Å²) < 4.78 is 4.77. The summed E-state index contributed by atoms with van der Waals surface area (Å²) in [4.78, 5) is 10.5. The lowest BCUT2D eigenvalue weighted by Crippen LogP contribution is -2.09. The van der Waals surface area contributed by atoms with Crippen molar-refractivity contribution in [1.82, 2.24) is 0 Å². The van der Waals surface area contributed by atoms with Crippen molar-refractivity contribution in [3.05, 3.63) is 11.5 Å². The lowest BCUT2D eigenvalue weighted by atomic mass is 10.3. The van der Waals surface area contributed by atoms with Crippen molar-refractivity contribution in [3.8, 4) is 0 Å². The van der Waals surface area contributed by atoms with Crippen LogP contribution in [0.5, 0.6) is 0 Å². The molecule has 3 nitrogen and oxygen atoms in total. The third-order valence-electron chi connectivity index (χ3n) is 1.31. The maximum absolute atomic E-state index is 10.5. The second-order valence-electron chi connectivity index (χ2n) is 2.27. The predicted molar refractivity (Wildman–Crippen MR) is 43.4 cm³/mol. The predicted octanol–water partition coefficient (Wildman–Crippen LogP) is 1.46. The van der Waals surface area contributed by atoms with Crippen LogP contribution >= 0.6 is 11.8 Å². The van der Waals surface area contributed by atoms with Gasteiger partial charge >= 0.3 is 5.97 Å². The number of aliphatic hydroxyl groups is 1. The second-order valence-corrected chi connectivity index (χ2v) is 3.37. The highest BCUT2D eigenvalue weighted by molar-refractivity contribution is 7.99. The number of hydrogen-bond acceptors (Lipinski definition) is 4. The zero-order valence-corrected chi connectivity index (χ0v) is 7.11. The van der Waals surface area contributed by atoms with E-state index in [1.165, 1.54) is 6.92 Å². The van der Waals surface area contributed by atoms with Gasteiger partial charge in [0.2, 0.25) is 0 Å². The molecule has 0 atom stereocenters. The van der Waals surface area contributed by atoms with Crippen LogP contribution in [0.2, 0.25) is 0 Å². The quantitative estimate of drug-likeness (QED) is 0.611. The summed E-state index contributed by atoms with van der Waals surface area (Å²) >= 11 is 1.65. The molecule has 0 aromatic carbocycles. The van der Waals surface area contributed by atoms with Crippen LogP contribution in [0.1, 0.15) is 13.3 Å². The fourth-order valence-electron chi connectivity index (χ4n) is 0.818. The normalized spacial score (nSPS) is 18.3. The van der Waals surface area contributed by atoms with E-state index >= 15 is 0 Å². The van der Waals surface area contributed by atoms with Gasteiger partial charge in [0, 0.05) is 19.1 Å². The molecule has 11 heavy (non-hydrogen) atoms. The molecule has 1 aliphatic heterocycles. The van der Waals surface area contributed by atoms with Crippen LogP contribution in [0.25, 0.3) is 0 Å². The number of allylic oxidation sites excluding steroid dienone is 1. The standard InChI is InChI=1S/C7H10O3S/c1-5(8)10-7-4-11-3-2-6(7)9/h9H,2-4H2,1H3.